The number of Topliss-reactive ketones (excluding diaryl/α,β-unsaturated/α-hetero) is 1. The molecule has 0 spiro atoms. The van der Waals surface area contributed by atoms with Crippen molar-refractivity contribution in [1.29, 1.82) is 0 Å². The third-order valence-electron chi connectivity index (χ3n) is 5.31. The maximum absolute atomic E-state index is 13.2. The van der Waals surface area contributed by atoms with Gasteiger partial charge in [-0.2, -0.15) is 0 Å². The van der Waals surface area contributed by atoms with Crippen molar-refractivity contribution < 1.29 is 37.3 Å². The van der Waals surface area contributed by atoms with Gasteiger partial charge in [0.15, 0.2) is 0 Å². The van der Waals surface area contributed by atoms with Crippen LogP contribution in [0.25, 0.3) is 5.76 Å². The lowest BCUT2D eigenvalue weighted by molar-refractivity contribution is -0.274. The van der Waals surface area contributed by atoms with Crippen LogP contribution in [-0.4, -0.2) is 30.3 Å². The lowest BCUT2D eigenvalue weighted by atomic mass is 9.95. The first-order chi connectivity index (χ1) is 16.6. The third-order valence-corrected chi connectivity index (χ3v) is 5.54. The molecule has 1 amide bonds. The number of benzene rings is 3. The van der Waals surface area contributed by atoms with Crippen LogP contribution in [0.15, 0.2) is 78.4 Å². The number of anilines is 1. The van der Waals surface area contributed by atoms with Gasteiger partial charge in [-0.15, -0.1) is 13.2 Å². The molecule has 0 bridgehead atoms. The van der Waals surface area contributed by atoms with Crippen LogP contribution in [0, 0.1) is 0 Å². The van der Waals surface area contributed by atoms with Gasteiger partial charge in [0.25, 0.3) is 11.7 Å². The molecule has 1 aliphatic heterocycles. The molecule has 1 unspecified atom stereocenters. The summed E-state index contributed by atoms with van der Waals surface area (Å²) in [7, 11) is 1.36. The fourth-order valence-corrected chi connectivity index (χ4v) is 4.06. The topological polar surface area (TPSA) is 76.1 Å². The van der Waals surface area contributed by atoms with Crippen LogP contribution in [0.1, 0.15) is 17.2 Å². The lowest BCUT2D eigenvalue weighted by Gasteiger charge is -2.26. The maximum Gasteiger partial charge on any atom is 0.573 e. The second kappa shape index (κ2) is 9.34. The zero-order chi connectivity index (χ0) is 25.3. The van der Waals surface area contributed by atoms with Gasteiger partial charge in [0.05, 0.1) is 24.3 Å². The SMILES string of the molecule is COc1ccc(Cl)cc1/C(O)=C1\C(=O)C(=O)N(c2cccc(OC(F)(F)F)c2)C1c1ccccc1. The van der Waals surface area contributed by atoms with Crippen LogP contribution >= 0.6 is 11.6 Å². The summed E-state index contributed by atoms with van der Waals surface area (Å²) >= 11 is 6.08. The second-order valence-electron chi connectivity index (χ2n) is 7.47. The predicted molar refractivity (Wildman–Crippen MR) is 122 cm³/mol. The summed E-state index contributed by atoms with van der Waals surface area (Å²) in [6.07, 6.45) is -4.95. The zero-order valence-corrected chi connectivity index (χ0v) is 18.8. The van der Waals surface area contributed by atoms with Crippen molar-refractivity contribution in [2.75, 3.05) is 12.0 Å². The number of rotatable bonds is 5. The van der Waals surface area contributed by atoms with E-state index in [-0.39, 0.29) is 27.6 Å². The van der Waals surface area contributed by atoms with E-state index >= 15 is 0 Å². The molecule has 6 nitrogen and oxygen atoms in total. The number of methoxy groups -OCH3 is 1. The number of ketones is 1. The minimum absolute atomic E-state index is 0.0280. The Morgan fingerprint density at radius 1 is 1.00 bits per heavy atom. The first-order valence-corrected chi connectivity index (χ1v) is 10.5. The number of hydrogen-bond donors (Lipinski definition) is 1. The average molecular weight is 504 g/mol. The van der Waals surface area contributed by atoms with Gasteiger partial charge in [0.1, 0.15) is 17.3 Å². The standard InChI is InChI=1S/C25H17ClF3NO5/c1-34-19-11-10-15(26)12-18(19)22(31)20-21(14-6-3-2-4-7-14)30(24(33)23(20)32)16-8-5-9-17(13-16)35-25(27,28)29/h2-13,21,31H,1H3/b22-20+. The van der Waals surface area contributed by atoms with E-state index in [1.165, 1.54) is 37.4 Å². The van der Waals surface area contributed by atoms with Gasteiger partial charge < -0.3 is 14.6 Å². The fraction of sp³-hybridized carbons (Fsp3) is 0.120. The Morgan fingerprint density at radius 2 is 1.71 bits per heavy atom. The number of nitrogens with zero attached hydrogens (tertiary/aromatic N) is 1. The molecule has 0 aliphatic carbocycles. The summed E-state index contributed by atoms with van der Waals surface area (Å²) in [5.41, 5.74) is 0.216. The summed E-state index contributed by atoms with van der Waals surface area (Å²) in [6, 6.07) is 16.2. The molecule has 10 heteroatoms. The first-order valence-electron chi connectivity index (χ1n) is 10.2. The van der Waals surface area contributed by atoms with E-state index in [1.54, 1.807) is 30.3 Å². The fourth-order valence-electron chi connectivity index (χ4n) is 3.89. The molecule has 1 fully saturated rings. The molecule has 35 heavy (non-hydrogen) atoms. The number of amides is 1. The highest BCUT2D eigenvalue weighted by Gasteiger charge is 2.47. The summed E-state index contributed by atoms with van der Waals surface area (Å²) in [5.74, 6) is -2.97. The first kappa shape index (κ1) is 24.2. The molecule has 3 aromatic rings. The number of aliphatic hydroxyl groups is 1. The molecule has 180 valence electrons. The Bertz CT molecular complexity index is 1320. The number of hydrogen-bond acceptors (Lipinski definition) is 5. The van der Waals surface area contributed by atoms with Crippen LogP contribution in [0.2, 0.25) is 5.02 Å². The highest BCUT2D eigenvalue weighted by atomic mass is 35.5. The minimum atomic E-state index is -4.95. The number of ether oxygens (including phenoxy) is 2. The van der Waals surface area contributed by atoms with E-state index in [4.69, 9.17) is 16.3 Å². The van der Waals surface area contributed by atoms with Crippen LogP contribution in [0.4, 0.5) is 18.9 Å². The Kier molecular flexibility index (Phi) is 6.45. The summed E-state index contributed by atoms with van der Waals surface area (Å²) in [4.78, 5) is 27.4. The van der Waals surface area contributed by atoms with Crippen LogP contribution < -0.4 is 14.4 Å². The number of carbonyl (C=O) groups excluding carboxylic acids is 2. The van der Waals surface area contributed by atoms with Crippen molar-refractivity contribution in [2.45, 2.75) is 12.4 Å². The van der Waals surface area contributed by atoms with Crippen molar-refractivity contribution in [3.8, 4) is 11.5 Å². The van der Waals surface area contributed by atoms with Crippen molar-refractivity contribution in [3.63, 3.8) is 0 Å². The molecule has 0 aromatic heterocycles. The molecule has 4 rings (SSSR count). The normalized spacial score (nSPS) is 17.5. The van der Waals surface area contributed by atoms with Gasteiger partial charge in [-0.1, -0.05) is 48.0 Å². The highest BCUT2D eigenvalue weighted by molar-refractivity contribution is 6.51. The molecule has 0 radical (unpaired) electrons. The molecule has 0 saturated carbocycles. The maximum atomic E-state index is 13.2. The van der Waals surface area contributed by atoms with E-state index in [0.29, 0.717) is 5.56 Å². The second-order valence-corrected chi connectivity index (χ2v) is 7.91. The Hall–Kier alpha value is -3.98. The minimum Gasteiger partial charge on any atom is -0.507 e. The smallest absolute Gasteiger partial charge is 0.507 e. The molecule has 1 heterocycles. The summed E-state index contributed by atoms with van der Waals surface area (Å²) < 4.78 is 47.6. The number of halogens is 4. The molecular formula is C25H17ClF3NO5. The van der Waals surface area contributed by atoms with Crippen molar-refractivity contribution in [3.05, 3.63) is 94.5 Å². The molecular weight excluding hydrogens is 487 g/mol. The lowest BCUT2D eigenvalue weighted by Crippen LogP contribution is -2.29. The molecule has 3 aromatic carbocycles. The quantitative estimate of drug-likeness (QED) is 0.267. The van der Waals surface area contributed by atoms with Gasteiger partial charge in [-0.25, -0.2) is 0 Å². The Labute approximate surface area is 202 Å². The van der Waals surface area contributed by atoms with Crippen molar-refractivity contribution in [1.82, 2.24) is 0 Å². The van der Waals surface area contributed by atoms with E-state index in [0.717, 1.165) is 17.0 Å². The van der Waals surface area contributed by atoms with Crippen LogP contribution in [-0.2, 0) is 9.59 Å². The van der Waals surface area contributed by atoms with E-state index in [9.17, 15) is 27.9 Å². The van der Waals surface area contributed by atoms with E-state index in [1.807, 2.05) is 0 Å². The molecule has 1 aliphatic rings. The summed E-state index contributed by atoms with van der Waals surface area (Å²) in [5, 5.41) is 11.5. The summed E-state index contributed by atoms with van der Waals surface area (Å²) in [6.45, 7) is 0. The van der Waals surface area contributed by atoms with Gasteiger partial charge in [-0.3, -0.25) is 14.5 Å². The monoisotopic (exact) mass is 503 g/mol. The molecule has 1 saturated heterocycles. The van der Waals surface area contributed by atoms with Gasteiger partial charge in [-0.05, 0) is 35.9 Å². The number of alkyl halides is 3. The predicted octanol–water partition coefficient (Wildman–Crippen LogP) is 5.87. The molecule has 1 N–H and O–H groups in total. The largest absolute Gasteiger partial charge is 0.573 e. The number of aliphatic hydroxyl groups excluding tert-OH is 1. The zero-order valence-electron chi connectivity index (χ0n) is 18.0. The Morgan fingerprint density at radius 3 is 2.37 bits per heavy atom. The van der Waals surface area contributed by atoms with E-state index < -0.39 is 35.6 Å². The Balaban J connectivity index is 1.93. The highest BCUT2D eigenvalue weighted by Crippen LogP contribution is 2.44. The number of carbonyl (C=O) groups is 2. The van der Waals surface area contributed by atoms with Gasteiger partial charge in [0, 0.05) is 16.8 Å². The van der Waals surface area contributed by atoms with Crippen LogP contribution in [0.5, 0.6) is 11.5 Å². The van der Waals surface area contributed by atoms with E-state index in [2.05, 4.69) is 4.74 Å². The van der Waals surface area contributed by atoms with Crippen LogP contribution in [0.3, 0.4) is 0 Å². The average Bonchev–Trinajstić information content (AvgIpc) is 3.08. The van der Waals surface area contributed by atoms with Gasteiger partial charge >= 0.3 is 6.36 Å². The van der Waals surface area contributed by atoms with Crippen molar-refractivity contribution >= 4 is 34.7 Å². The van der Waals surface area contributed by atoms with Gasteiger partial charge in [0.2, 0.25) is 0 Å². The molecule has 1 atom stereocenters. The van der Waals surface area contributed by atoms with Crippen molar-refractivity contribution in [2.24, 2.45) is 0 Å². The third kappa shape index (κ3) is 4.81.